The Morgan fingerprint density at radius 1 is 1.12 bits per heavy atom. The highest BCUT2D eigenvalue weighted by Gasteiger charge is 2.33. The lowest BCUT2D eigenvalue weighted by Crippen LogP contribution is -2.48. The third-order valence-corrected chi connectivity index (χ3v) is 7.85. The molecule has 1 aliphatic heterocycles. The summed E-state index contributed by atoms with van der Waals surface area (Å²) >= 11 is 1.28. The van der Waals surface area contributed by atoms with E-state index in [0.717, 1.165) is 42.8 Å². The average molecular weight is 613 g/mol. The molecule has 1 fully saturated rings. The molecule has 1 saturated heterocycles. The number of amides is 2. The molecule has 0 bridgehead atoms. The maximum Gasteiger partial charge on any atom is 0.416 e. The van der Waals surface area contributed by atoms with Crippen molar-refractivity contribution in [3.8, 4) is 22.9 Å². The molecule has 2 amide bonds. The van der Waals surface area contributed by atoms with Crippen LogP contribution in [0.15, 0.2) is 48.8 Å². The second-order valence-electron chi connectivity index (χ2n) is 10.8. The van der Waals surface area contributed by atoms with Gasteiger partial charge in [-0.1, -0.05) is 43.7 Å². The Morgan fingerprint density at radius 2 is 1.93 bits per heavy atom. The van der Waals surface area contributed by atoms with E-state index in [-0.39, 0.29) is 29.1 Å². The second-order valence-corrected chi connectivity index (χ2v) is 11.8. The van der Waals surface area contributed by atoms with Gasteiger partial charge >= 0.3 is 6.18 Å². The van der Waals surface area contributed by atoms with E-state index in [9.17, 15) is 22.8 Å². The smallest absolute Gasteiger partial charge is 0.416 e. The van der Waals surface area contributed by atoms with Crippen molar-refractivity contribution >= 4 is 44.2 Å². The number of hydrogen-bond acceptors (Lipinski definition) is 8. The number of rotatable bonds is 8. The van der Waals surface area contributed by atoms with E-state index >= 15 is 0 Å². The molecule has 1 aliphatic rings. The third kappa shape index (κ3) is 7.28. The lowest BCUT2D eigenvalue weighted by molar-refractivity contribution is -0.137. The molecule has 2 N–H and O–H groups in total. The van der Waals surface area contributed by atoms with E-state index in [0.29, 0.717) is 34.3 Å². The fourth-order valence-corrected chi connectivity index (χ4v) is 6.03. The average Bonchev–Trinajstić information content (AvgIpc) is 3.35. The molecule has 0 unspecified atom stereocenters. The van der Waals surface area contributed by atoms with Gasteiger partial charge in [0.1, 0.15) is 11.8 Å². The minimum absolute atomic E-state index is 0.00102. The van der Waals surface area contributed by atoms with Crippen LogP contribution >= 0.6 is 11.3 Å². The molecule has 2 aromatic heterocycles. The molecule has 1 atom stereocenters. The number of hydrogen-bond donors (Lipinski definition) is 2. The SMILES string of the molecule is CC(=O)Nc1nc2c(Oc3cc(-c4ccc(C(F)(F)F)cc4NC(=O)[C@H]4CCCCN4CC(C)C)ncn3)cccc2s1. The summed E-state index contributed by atoms with van der Waals surface area (Å²) in [6.45, 7) is 7.01. The standard InChI is InChI=1S/C30H31F3N6O3S/c1-17(2)15-39-12-5-4-7-23(39)28(41)37-22-13-19(30(31,32)33)10-11-20(22)21-14-26(35-16-34-21)42-24-8-6-9-25-27(24)38-29(43-25)36-18(3)40/h6,8-11,13-14,16-17,23H,4-5,7,12,15H2,1-3H3,(H,37,41)(H,36,38,40)/t23-/m1/s1. The minimum Gasteiger partial charge on any atom is -0.437 e. The summed E-state index contributed by atoms with van der Waals surface area (Å²) in [4.78, 5) is 40.0. The first-order valence-corrected chi connectivity index (χ1v) is 14.7. The highest BCUT2D eigenvalue weighted by molar-refractivity contribution is 7.22. The van der Waals surface area contributed by atoms with E-state index in [4.69, 9.17) is 4.74 Å². The van der Waals surface area contributed by atoms with Gasteiger partial charge in [-0.15, -0.1) is 0 Å². The lowest BCUT2D eigenvalue weighted by Gasteiger charge is -2.35. The molecule has 0 spiro atoms. The number of benzene rings is 2. The van der Waals surface area contributed by atoms with Crippen LogP contribution in [0.2, 0.25) is 0 Å². The topological polar surface area (TPSA) is 109 Å². The number of carbonyl (C=O) groups is 2. The molecule has 43 heavy (non-hydrogen) atoms. The summed E-state index contributed by atoms with van der Waals surface area (Å²) in [6.07, 6.45) is -0.896. The molecule has 2 aromatic carbocycles. The molecule has 0 saturated carbocycles. The summed E-state index contributed by atoms with van der Waals surface area (Å²) < 4.78 is 47.9. The zero-order valence-electron chi connectivity index (χ0n) is 23.9. The van der Waals surface area contributed by atoms with Crippen molar-refractivity contribution < 1.29 is 27.5 Å². The highest BCUT2D eigenvalue weighted by Crippen LogP contribution is 2.38. The van der Waals surface area contributed by atoms with Gasteiger partial charge in [0.2, 0.25) is 17.7 Å². The number of para-hydroxylation sites is 1. The van der Waals surface area contributed by atoms with Gasteiger partial charge in [-0.25, -0.2) is 15.0 Å². The number of ether oxygens (including phenoxy) is 1. The summed E-state index contributed by atoms with van der Waals surface area (Å²) in [6, 6.07) is 9.53. The summed E-state index contributed by atoms with van der Waals surface area (Å²) in [5, 5.41) is 5.85. The number of likely N-dealkylation sites (tertiary alicyclic amines) is 1. The second kappa shape index (κ2) is 12.6. The number of nitrogens with one attached hydrogen (secondary N) is 2. The molecule has 226 valence electrons. The van der Waals surface area contributed by atoms with Crippen LogP contribution in [0.5, 0.6) is 11.6 Å². The Bertz CT molecular complexity index is 1640. The summed E-state index contributed by atoms with van der Waals surface area (Å²) in [5.74, 6) is 0.232. The zero-order chi connectivity index (χ0) is 30.7. The number of carbonyl (C=O) groups excluding carboxylic acids is 2. The Labute approximate surface area is 250 Å². The molecule has 5 rings (SSSR count). The number of piperidine rings is 1. The van der Waals surface area contributed by atoms with Gasteiger partial charge in [-0.05, 0) is 49.6 Å². The van der Waals surface area contributed by atoms with Crippen molar-refractivity contribution in [3.05, 3.63) is 54.4 Å². The van der Waals surface area contributed by atoms with Crippen LogP contribution in [0.3, 0.4) is 0 Å². The number of aromatic nitrogens is 3. The van der Waals surface area contributed by atoms with Crippen molar-refractivity contribution in [2.24, 2.45) is 5.92 Å². The number of thiazole rings is 1. The zero-order valence-corrected chi connectivity index (χ0v) is 24.7. The Morgan fingerprint density at radius 3 is 2.67 bits per heavy atom. The predicted molar refractivity (Wildman–Crippen MR) is 159 cm³/mol. The van der Waals surface area contributed by atoms with E-state index in [1.165, 1.54) is 36.7 Å². The van der Waals surface area contributed by atoms with E-state index in [1.54, 1.807) is 12.1 Å². The number of anilines is 2. The first-order chi connectivity index (χ1) is 20.5. The number of fused-ring (bicyclic) bond motifs is 1. The predicted octanol–water partition coefficient (Wildman–Crippen LogP) is 6.97. The van der Waals surface area contributed by atoms with Crippen LogP contribution in [0.1, 0.15) is 45.6 Å². The van der Waals surface area contributed by atoms with Gasteiger partial charge in [0.15, 0.2) is 10.9 Å². The molecule has 4 aromatic rings. The normalized spacial score (nSPS) is 15.9. The van der Waals surface area contributed by atoms with Gasteiger partial charge in [-0.2, -0.15) is 13.2 Å². The van der Waals surface area contributed by atoms with Crippen molar-refractivity contribution in [2.75, 3.05) is 23.7 Å². The molecule has 3 heterocycles. The van der Waals surface area contributed by atoms with Crippen LogP contribution in [0, 0.1) is 5.92 Å². The van der Waals surface area contributed by atoms with Crippen LogP contribution < -0.4 is 15.4 Å². The number of alkyl halides is 3. The molecular formula is C30H31F3N6O3S. The van der Waals surface area contributed by atoms with Gasteiger partial charge in [0.25, 0.3) is 0 Å². The first kappa shape index (κ1) is 30.4. The number of halogens is 3. The monoisotopic (exact) mass is 612 g/mol. The van der Waals surface area contributed by atoms with Crippen molar-refractivity contribution in [2.45, 2.75) is 52.3 Å². The minimum atomic E-state index is -4.60. The quantitative estimate of drug-likeness (QED) is 0.221. The Balaban J connectivity index is 1.46. The maximum absolute atomic E-state index is 13.7. The fraction of sp³-hybridized carbons (Fsp3) is 0.367. The largest absolute Gasteiger partial charge is 0.437 e. The van der Waals surface area contributed by atoms with Gasteiger partial charge in [-0.3, -0.25) is 14.5 Å². The summed E-state index contributed by atoms with van der Waals surface area (Å²) in [5.41, 5.74) is 0.184. The van der Waals surface area contributed by atoms with Crippen LogP contribution in [-0.2, 0) is 15.8 Å². The van der Waals surface area contributed by atoms with Gasteiger partial charge < -0.3 is 15.4 Å². The highest BCUT2D eigenvalue weighted by atomic mass is 32.1. The molecule has 13 heteroatoms. The Kier molecular flexibility index (Phi) is 8.92. The number of nitrogens with zero attached hydrogens (tertiary/aromatic N) is 4. The summed E-state index contributed by atoms with van der Waals surface area (Å²) in [7, 11) is 0. The van der Waals surface area contributed by atoms with Crippen molar-refractivity contribution in [1.29, 1.82) is 0 Å². The fourth-order valence-electron chi connectivity index (χ4n) is 5.10. The van der Waals surface area contributed by atoms with Crippen molar-refractivity contribution in [3.63, 3.8) is 0 Å². The molecule has 0 aliphatic carbocycles. The Hall–Kier alpha value is -4.10. The molecule has 0 radical (unpaired) electrons. The maximum atomic E-state index is 13.7. The first-order valence-electron chi connectivity index (χ1n) is 13.9. The third-order valence-electron chi connectivity index (χ3n) is 6.92. The van der Waals surface area contributed by atoms with Crippen molar-refractivity contribution in [1.82, 2.24) is 19.9 Å². The lowest BCUT2D eigenvalue weighted by atomic mass is 9.99. The van der Waals surface area contributed by atoms with Crippen LogP contribution in [0.25, 0.3) is 21.5 Å². The van der Waals surface area contributed by atoms with E-state index in [1.807, 2.05) is 6.07 Å². The van der Waals surface area contributed by atoms with E-state index in [2.05, 4.69) is 44.3 Å². The van der Waals surface area contributed by atoms with Crippen LogP contribution in [-0.4, -0.2) is 50.8 Å². The van der Waals surface area contributed by atoms with Gasteiger partial charge in [0.05, 0.1) is 27.7 Å². The molecular weight excluding hydrogens is 581 g/mol. The van der Waals surface area contributed by atoms with Gasteiger partial charge in [0, 0.05) is 25.1 Å². The van der Waals surface area contributed by atoms with E-state index < -0.39 is 17.8 Å². The molecule has 9 nitrogen and oxygen atoms in total. The van der Waals surface area contributed by atoms with Crippen LogP contribution in [0.4, 0.5) is 24.0 Å².